The Bertz CT molecular complexity index is 346. The zero-order valence-corrected chi connectivity index (χ0v) is 9.68. The van der Waals surface area contributed by atoms with Gasteiger partial charge in [-0.1, -0.05) is 0 Å². The highest BCUT2D eigenvalue weighted by molar-refractivity contribution is 7.84. The van der Waals surface area contributed by atoms with E-state index in [1.54, 1.807) is 12.3 Å². The molecule has 84 valence electrons. The molecule has 1 heterocycles. The third kappa shape index (κ3) is 4.88. The van der Waals surface area contributed by atoms with Crippen molar-refractivity contribution in [3.05, 3.63) is 24.3 Å². The van der Waals surface area contributed by atoms with Crippen molar-refractivity contribution in [3.8, 4) is 0 Å². The topological polar surface area (TPSA) is 42.0 Å². The van der Waals surface area contributed by atoms with Gasteiger partial charge in [0.15, 0.2) is 0 Å². The van der Waals surface area contributed by atoms with Gasteiger partial charge in [-0.05, 0) is 19.4 Å². The standard InChI is InChI=1S/C10H15FN2OS/c1-8(4-6-15(2)14)13-9-3-5-12-10(11)7-9/h3,5,7-8H,4,6H2,1-2H3,(H,12,13). The van der Waals surface area contributed by atoms with E-state index in [-0.39, 0.29) is 6.04 Å². The highest BCUT2D eigenvalue weighted by Crippen LogP contribution is 2.09. The van der Waals surface area contributed by atoms with Crippen LogP contribution >= 0.6 is 0 Å². The first-order valence-electron chi connectivity index (χ1n) is 4.76. The summed E-state index contributed by atoms with van der Waals surface area (Å²) in [5.74, 6) is 0.160. The number of nitrogens with one attached hydrogen (secondary N) is 1. The van der Waals surface area contributed by atoms with E-state index < -0.39 is 16.7 Å². The summed E-state index contributed by atoms with van der Waals surface area (Å²) in [7, 11) is -0.775. The lowest BCUT2D eigenvalue weighted by molar-refractivity contribution is 0.584. The smallest absolute Gasteiger partial charge is 0.214 e. The number of rotatable bonds is 5. The molecule has 1 rings (SSSR count). The minimum atomic E-state index is -0.775. The number of halogens is 1. The summed E-state index contributed by atoms with van der Waals surface area (Å²) in [4.78, 5) is 3.47. The van der Waals surface area contributed by atoms with E-state index in [0.29, 0.717) is 11.4 Å². The van der Waals surface area contributed by atoms with Crippen LogP contribution in [0.1, 0.15) is 13.3 Å². The Kier molecular flexibility index (Phi) is 4.68. The van der Waals surface area contributed by atoms with E-state index in [0.717, 1.165) is 6.42 Å². The molecular weight excluding hydrogens is 215 g/mol. The van der Waals surface area contributed by atoms with Crippen LogP contribution in [-0.2, 0) is 10.8 Å². The van der Waals surface area contributed by atoms with Crippen LogP contribution in [-0.4, -0.2) is 27.2 Å². The molecule has 0 amide bonds. The molecule has 15 heavy (non-hydrogen) atoms. The van der Waals surface area contributed by atoms with E-state index in [1.807, 2.05) is 6.92 Å². The van der Waals surface area contributed by atoms with Gasteiger partial charge in [-0.25, -0.2) is 4.98 Å². The van der Waals surface area contributed by atoms with Crippen LogP contribution < -0.4 is 5.32 Å². The largest absolute Gasteiger partial charge is 0.382 e. The van der Waals surface area contributed by atoms with Crippen molar-refractivity contribution in [2.45, 2.75) is 19.4 Å². The van der Waals surface area contributed by atoms with E-state index in [9.17, 15) is 8.60 Å². The van der Waals surface area contributed by atoms with Crippen molar-refractivity contribution in [2.24, 2.45) is 0 Å². The van der Waals surface area contributed by atoms with Crippen LogP contribution in [0.2, 0.25) is 0 Å². The highest BCUT2D eigenvalue weighted by Gasteiger charge is 2.03. The summed E-state index contributed by atoms with van der Waals surface area (Å²) in [5, 5.41) is 3.12. The molecule has 0 bridgehead atoms. The Morgan fingerprint density at radius 1 is 1.67 bits per heavy atom. The zero-order valence-electron chi connectivity index (χ0n) is 8.87. The van der Waals surface area contributed by atoms with Gasteiger partial charge >= 0.3 is 0 Å². The molecule has 0 spiro atoms. The van der Waals surface area contributed by atoms with Crippen molar-refractivity contribution in [3.63, 3.8) is 0 Å². The van der Waals surface area contributed by atoms with Gasteiger partial charge < -0.3 is 5.32 Å². The highest BCUT2D eigenvalue weighted by atomic mass is 32.2. The number of hydrogen-bond acceptors (Lipinski definition) is 3. The molecule has 0 fully saturated rings. The van der Waals surface area contributed by atoms with Crippen molar-refractivity contribution < 1.29 is 8.60 Å². The Labute approximate surface area is 91.6 Å². The van der Waals surface area contributed by atoms with Crippen LogP contribution in [0.5, 0.6) is 0 Å². The Balaban J connectivity index is 2.44. The molecule has 1 aromatic heterocycles. The molecule has 0 aliphatic rings. The van der Waals surface area contributed by atoms with E-state index in [1.165, 1.54) is 12.3 Å². The van der Waals surface area contributed by atoms with Crippen LogP contribution in [0.3, 0.4) is 0 Å². The minimum Gasteiger partial charge on any atom is -0.382 e. The van der Waals surface area contributed by atoms with Crippen LogP contribution in [0.15, 0.2) is 18.3 Å². The summed E-state index contributed by atoms with van der Waals surface area (Å²) < 4.78 is 23.6. The van der Waals surface area contributed by atoms with Crippen molar-refractivity contribution in [1.29, 1.82) is 0 Å². The number of anilines is 1. The van der Waals surface area contributed by atoms with Gasteiger partial charge in [0, 0.05) is 46.8 Å². The maximum atomic E-state index is 12.7. The Morgan fingerprint density at radius 2 is 2.40 bits per heavy atom. The first-order chi connectivity index (χ1) is 7.08. The number of nitrogens with zero attached hydrogens (tertiary/aromatic N) is 1. The predicted molar refractivity (Wildman–Crippen MR) is 60.8 cm³/mol. The second-order valence-corrected chi connectivity index (χ2v) is 5.03. The molecule has 0 saturated heterocycles. The van der Waals surface area contributed by atoms with Crippen molar-refractivity contribution in [2.75, 3.05) is 17.3 Å². The number of aromatic nitrogens is 1. The molecule has 0 saturated carbocycles. The van der Waals surface area contributed by atoms with Gasteiger partial charge in [-0.3, -0.25) is 4.21 Å². The average molecular weight is 230 g/mol. The van der Waals surface area contributed by atoms with Gasteiger partial charge in [-0.15, -0.1) is 0 Å². The minimum absolute atomic E-state index is 0.177. The molecule has 1 aromatic rings. The maximum Gasteiger partial charge on any atom is 0.214 e. The fraction of sp³-hybridized carbons (Fsp3) is 0.500. The van der Waals surface area contributed by atoms with Gasteiger partial charge in [0.1, 0.15) is 0 Å². The summed E-state index contributed by atoms with van der Waals surface area (Å²) in [6, 6.07) is 3.23. The van der Waals surface area contributed by atoms with E-state index >= 15 is 0 Å². The van der Waals surface area contributed by atoms with Crippen LogP contribution in [0, 0.1) is 5.95 Å². The van der Waals surface area contributed by atoms with Crippen LogP contribution in [0.25, 0.3) is 0 Å². The lowest BCUT2D eigenvalue weighted by atomic mass is 10.2. The Morgan fingerprint density at radius 3 is 3.00 bits per heavy atom. The third-order valence-corrected chi connectivity index (χ3v) is 2.79. The predicted octanol–water partition coefficient (Wildman–Crippen LogP) is 1.79. The molecule has 2 unspecified atom stereocenters. The summed E-state index contributed by atoms with van der Waals surface area (Å²) in [5.41, 5.74) is 0.705. The van der Waals surface area contributed by atoms with E-state index in [4.69, 9.17) is 0 Å². The summed E-state index contributed by atoms with van der Waals surface area (Å²) in [6.45, 7) is 1.98. The van der Waals surface area contributed by atoms with Crippen molar-refractivity contribution >= 4 is 16.5 Å². The first kappa shape index (κ1) is 12.1. The molecule has 2 atom stereocenters. The van der Waals surface area contributed by atoms with Gasteiger partial charge in [0.25, 0.3) is 0 Å². The summed E-state index contributed by atoms with van der Waals surface area (Å²) >= 11 is 0. The zero-order chi connectivity index (χ0) is 11.3. The molecule has 1 N–H and O–H groups in total. The molecule has 3 nitrogen and oxygen atoms in total. The SMILES string of the molecule is CC(CCS(C)=O)Nc1ccnc(F)c1. The second-order valence-electron chi connectivity index (χ2n) is 3.48. The molecule has 0 aliphatic carbocycles. The Hall–Kier alpha value is -0.970. The summed E-state index contributed by atoms with van der Waals surface area (Å²) in [6.07, 6.45) is 3.90. The fourth-order valence-electron chi connectivity index (χ4n) is 1.19. The molecule has 0 aromatic carbocycles. The van der Waals surface area contributed by atoms with Gasteiger partial charge in [-0.2, -0.15) is 4.39 Å². The normalized spacial score (nSPS) is 14.6. The van der Waals surface area contributed by atoms with Gasteiger partial charge in [0.2, 0.25) is 5.95 Å². The lowest BCUT2D eigenvalue weighted by Crippen LogP contribution is -2.17. The van der Waals surface area contributed by atoms with E-state index in [2.05, 4.69) is 10.3 Å². The van der Waals surface area contributed by atoms with Crippen LogP contribution in [0.4, 0.5) is 10.1 Å². The first-order valence-corrected chi connectivity index (χ1v) is 6.49. The van der Waals surface area contributed by atoms with Crippen molar-refractivity contribution in [1.82, 2.24) is 4.98 Å². The molecular formula is C10H15FN2OS. The average Bonchev–Trinajstić information content (AvgIpc) is 2.15. The molecule has 0 aliphatic heterocycles. The van der Waals surface area contributed by atoms with Gasteiger partial charge in [0.05, 0.1) is 0 Å². The quantitative estimate of drug-likeness (QED) is 0.784. The second kappa shape index (κ2) is 5.80. The number of hydrogen-bond donors (Lipinski definition) is 1. The fourth-order valence-corrected chi connectivity index (χ4v) is 1.88. The lowest BCUT2D eigenvalue weighted by Gasteiger charge is -2.14. The third-order valence-electron chi connectivity index (χ3n) is 1.98. The molecule has 0 radical (unpaired) electrons. The monoisotopic (exact) mass is 230 g/mol. The number of pyridine rings is 1. The maximum absolute atomic E-state index is 12.7. The molecule has 5 heteroatoms.